The molecule has 0 amide bonds. The molecule has 2 atom stereocenters. The summed E-state index contributed by atoms with van der Waals surface area (Å²) in [6.07, 6.45) is 3.79. The molecule has 0 aliphatic rings. The normalized spacial score (nSPS) is 15.0. The summed E-state index contributed by atoms with van der Waals surface area (Å²) in [6, 6.07) is 0. The van der Waals surface area contributed by atoms with Crippen LogP contribution in [0.2, 0.25) is 0 Å². The van der Waals surface area contributed by atoms with Crippen molar-refractivity contribution in [3.63, 3.8) is 0 Å². The van der Waals surface area contributed by atoms with Gasteiger partial charge in [0.2, 0.25) is 0 Å². The van der Waals surface area contributed by atoms with Gasteiger partial charge in [0, 0.05) is 6.61 Å². The quantitative estimate of drug-likeness (QED) is 0.565. The summed E-state index contributed by atoms with van der Waals surface area (Å²) in [5.74, 6) is 0.322. The SMILES string of the molecule is C=COC(CO)CCC(CC)CO. The molecular weight excluding hydrogens is 168 g/mol. The van der Waals surface area contributed by atoms with Crippen molar-refractivity contribution in [2.24, 2.45) is 5.92 Å². The first-order chi connectivity index (χ1) is 6.28. The summed E-state index contributed by atoms with van der Waals surface area (Å²) in [7, 11) is 0. The van der Waals surface area contributed by atoms with E-state index in [0.717, 1.165) is 19.3 Å². The van der Waals surface area contributed by atoms with Gasteiger partial charge in [-0.3, -0.25) is 0 Å². The zero-order chi connectivity index (χ0) is 10.1. The molecule has 0 aliphatic carbocycles. The highest BCUT2D eigenvalue weighted by atomic mass is 16.5. The summed E-state index contributed by atoms with van der Waals surface area (Å²) < 4.78 is 5.06. The molecule has 13 heavy (non-hydrogen) atoms. The number of ether oxygens (including phenoxy) is 1. The fourth-order valence-corrected chi connectivity index (χ4v) is 1.18. The molecule has 0 aromatic carbocycles. The Balaban J connectivity index is 3.62. The Labute approximate surface area is 80.0 Å². The average Bonchev–Trinajstić information content (AvgIpc) is 2.17. The molecule has 0 aliphatic heterocycles. The lowest BCUT2D eigenvalue weighted by Crippen LogP contribution is -2.17. The van der Waals surface area contributed by atoms with Crippen LogP contribution in [0.5, 0.6) is 0 Å². The van der Waals surface area contributed by atoms with Crippen molar-refractivity contribution in [1.29, 1.82) is 0 Å². The third kappa shape index (κ3) is 5.66. The van der Waals surface area contributed by atoms with Gasteiger partial charge in [0.1, 0.15) is 6.10 Å². The number of aliphatic hydroxyl groups excluding tert-OH is 2. The van der Waals surface area contributed by atoms with E-state index in [4.69, 9.17) is 14.9 Å². The van der Waals surface area contributed by atoms with Crippen LogP contribution in [0.4, 0.5) is 0 Å². The molecule has 0 spiro atoms. The van der Waals surface area contributed by atoms with Crippen molar-refractivity contribution in [1.82, 2.24) is 0 Å². The van der Waals surface area contributed by atoms with E-state index in [1.165, 1.54) is 6.26 Å². The minimum absolute atomic E-state index is 0.00782. The fourth-order valence-electron chi connectivity index (χ4n) is 1.18. The van der Waals surface area contributed by atoms with Gasteiger partial charge in [0.15, 0.2) is 0 Å². The van der Waals surface area contributed by atoms with E-state index >= 15 is 0 Å². The van der Waals surface area contributed by atoms with Gasteiger partial charge in [0.05, 0.1) is 12.9 Å². The third-order valence-electron chi connectivity index (χ3n) is 2.22. The maximum absolute atomic E-state index is 8.92. The Kier molecular flexibility index (Phi) is 7.74. The Hall–Kier alpha value is -0.540. The van der Waals surface area contributed by atoms with Crippen LogP contribution in [0.1, 0.15) is 26.2 Å². The topological polar surface area (TPSA) is 49.7 Å². The molecule has 2 N–H and O–H groups in total. The Bertz CT molecular complexity index is 121. The van der Waals surface area contributed by atoms with E-state index in [0.29, 0.717) is 5.92 Å². The number of aliphatic hydroxyl groups is 2. The van der Waals surface area contributed by atoms with Crippen LogP contribution in [0, 0.1) is 5.92 Å². The molecule has 0 aromatic heterocycles. The van der Waals surface area contributed by atoms with E-state index < -0.39 is 0 Å². The summed E-state index contributed by atoms with van der Waals surface area (Å²) >= 11 is 0. The summed E-state index contributed by atoms with van der Waals surface area (Å²) in [5.41, 5.74) is 0. The highest BCUT2D eigenvalue weighted by Gasteiger charge is 2.10. The monoisotopic (exact) mass is 188 g/mol. The van der Waals surface area contributed by atoms with Crippen molar-refractivity contribution < 1.29 is 14.9 Å². The standard InChI is InChI=1S/C10H20O3/c1-3-9(7-11)5-6-10(8-12)13-4-2/h4,9-12H,2-3,5-8H2,1H3. The molecule has 3 nitrogen and oxygen atoms in total. The summed E-state index contributed by atoms with van der Waals surface area (Å²) in [4.78, 5) is 0. The van der Waals surface area contributed by atoms with Gasteiger partial charge in [-0.2, -0.15) is 0 Å². The molecule has 2 unspecified atom stereocenters. The maximum Gasteiger partial charge on any atom is 0.121 e. The van der Waals surface area contributed by atoms with E-state index in [1.54, 1.807) is 0 Å². The molecular formula is C10H20O3. The van der Waals surface area contributed by atoms with Crippen LogP contribution in [-0.4, -0.2) is 29.5 Å². The molecule has 0 heterocycles. The zero-order valence-electron chi connectivity index (χ0n) is 8.28. The van der Waals surface area contributed by atoms with Crippen molar-refractivity contribution in [2.45, 2.75) is 32.3 Å². The second-order valence-electron chi connectivity index (χ2n) is 3.14. The van der Waals surface area contributed by atoms with Gasteiger partial charge < -0.3 is 14.9 Å². The Morgan fingerprint density at radius 3 is 2.38 bits per heavy atom. The van der Waals surface area contributed by atoms with Crippen LogP contribution in [0.3, 0.4) is 0 Å². The van der Waals surface area contributed by atoms with Gasteiger partial charge >= 0.3 is 0 Å². The lowest BCUT2D eigenvalue weighted by Gasteiger charge is -2.16. The van der Waals surface area contributed by atoms with Crippen LogP contribution in [-0.2, 0) is 4.74 Å². The first kappa shape index (κ1) is 12.5. The lowest BCUT2D eigenvalue weighted by molar-refractivity contribution is 0.0631. The number of hydrogen-bond donors (Lipinski definition) is 2. The van der Waals surface area contributed by atoms with Crippen LogP contribution >= 0.6 is 0 Å². The summed E-state index contributed by atoms with van der Waals surface area (Å²) in [5, 5.41) is 17.8. The predicted octanol–water partition coefficient (Wildman–Crippen LogP) is 1.31. The Morgan fingerprint density at radius 2 is 2.00 bits per heavy atom. The van der Waals surface area contributed by atoms with E-state index in [2.05, 4.69) is 6.58 Å². The van der Waals surface area contributed by atoms with Gasteiger partial charge in [-0.1, -0.05) is 19.9 Å². The van der Waals surface area contributed by atoms with Gasteiger partial charge in [-0.05, 0) is 18.8 Å². The van der Waals surface area contributed by atoms with Gasteiger partial charge in [-0.25, -0.2) is 0 Å². The maximum atomic E-state index is 8.92. The minimum atomic E-state index is -0.168. The number of hydrogen-bond acceptors (Lipinski definition) is 3. The van der Waals surface area contributed by atoms with Gasteiger partial charge in [-0.15, -0.1) is 0 Å². The largest absolute Gasteiger partial charge is 0.496 e. The van der Waals surface area contributed by atoms with Crippen LogP contribution in [0.25, 0.3) is 0 Å². The molecule has 78 valence electrons. The molecule has 0 rings (SSSR count). The highest BCUT2D eigenvalue weighted by Crippen LogP contribution is 2.13. The van der Waals surface area contributed by atoms with Crippen molar-refractivity contribution in [3.8, 4) is 0 Å². The third-order valence-corrected chi connectivity index (χ3v) is 2.22. The smallest absolute Gasteiger partial charge is 0.121 e. The first-order valence-electron chi connectivity index (χ1n) is 4.76. The van der Waals surface area contributed by atoms with E-state index in [1.807, 2.05) is 6.92 Å². The predicted molar refractivity (Wildman–Crippen MR) is 52.3 cm³/mol. The molecule has 0 radical (unpaired) electrons. The molecule has 3 heteroatoms. The second kappa shape index (κ2) is 8.08. The minimum Gasteiger partial charge on any atom is -0.496 e. The van der Waals surface area contributed by atoms with Crippen LogP contribution in [0.15, 0.2) is 12.8 Å². The lowest BCUT2D eigenvalue weighted by atomic mass is 9.99. The van der Waals surface area contributed by atoms with Crippen LogP contribution < -0.4 is 0 Å². The van der Waals surface area contributed by atoms with E-state index in [-0.39, 0.29) is 19.3 Å². The highest BCUT2D eigenvalue weighted by molar-refractivity contribution is 4.64. The van der Waals surface area contributed by atoms with Gasteiger partial charge in [0.25, 0.3) is 0 Å². The molecule has 0 aromatic rings. The number of rotatable bonds is 8. The summed E-state index contributed by atoms with van der Waals surface area (Å²) in [6.45, 7) is 5.70. The van der Waals surface area contributed by atoms with Crippen molar-refractivity contribution in [3.05, 3.63) is 12.8 Å². The zero-order valence-corrected chi connectivity index (χ0v) is 8.28. The van der Waals surface area contributed by atoms with E-state index in [9.17, 15) is 0 Å². The fraction of sp³-hybridized carbons (Fsp3) is 0.800. The Morgan fingerprint density at radius 1 is 1.31 bits per heavy atom. The molecule has 0 fully saturated rings. The molecule has 0 bridgehead atoms. The molecule has 0 saturated carbocycles. The average molecular weight is 188 g/mol. The molecule has 0 saturated heterocycles. The van der Waals surface area contributed by atoms with Crippen molar-refractivity contribution in [2.75, 3.05) is 13.2 Å². The van der Waals surface area contributed by atoms with Crippen molar-refractivity contribution >= 4 is 0 Å². The first-order valence-corrected chi connectivity index (χ1v) is 4.76. The second-order valence-corrected chi connectivity index (χ2v) is 3.14.